The van der Waals surface area contributed by atoms with Crippen molar-refractivity contribution in [2.24, 2.45) is 0 Å². The maximum atomic E-state index is 4.57. The highest BCUT2D eigenvalue weighted by Gasteiger charge is 2.39. The minimum atomic E-state index is 0.773. The van der Waals surface area contributed by atoms with Crippen LogP contribution in [0.2, 0.25) is 0 Å². The SMILES string of the molecule is Brc1ccc2c(c1)-c1ncsc1C1CC2C1. The average Bonchev–Trinajstić information content (AvgIpc) is 2.59. The fourth-order valence-corrected chi connectivity index (χ4v) is 4.21. The lowest BCUT2D eigenvalue weighted by molar-refractivity contribution is 0.361. The molecule has 0 saturated heterocycles. The highest BCUT2D eigenvalue weighted by molar-refractivity contribution is 9.10. The van der Waals surface area contributed by atoms with Crippen molar-refractivity contribution in [1.29, 1.82) is 0 Å². The molecule has 80 valence electrons. The Morgan fingerprint density at radius 3 is 3.00 bits per heavy atom. The van der Waals surface area contributed by atoms with Crippen LogP contribution >= 0.6 is 27.3 Å². The van der Waals surface area contributed by atoms with Gasteiger partial charge in [0.25, 0.3) is 0 Å². The normalized spacial score (nSPS) is 25.3. The van der Waals surface area contributed by atoms with Crippen molar-refractivity contribution in [3.8, 4) is 11.3 Å². The molecule has 1 heterocycles. The molecule has 2 bridgehead atoms. The van der Waals surface area contributed by atoms with E-state index in [0.717, 1.165) is 16.3 Å². The van der Waals surface area contributed by atoms with Crippen molar-refractivity contribution >= 4 is 27.3 Å². The highest BCUT2D eigenvalue weighted by atomic mass is 79.9. The van der Waals surface area contributed by atoms with Crippen molar-refractivity contribution in [3.05, 3.63) is 38.6 Å². The fraction of sp³-hybridized carbons (Fsp3) is 0.308. The second kappa shape index (κ2) is 3.17. The monoisotopic (exact) mass is 291 g/mol. The summed E-state index contributed by atoms with van der Waals surface area (Å²) in [4.78, 5) is 6.08. The van der Waals surface area contributed by atoms with E-state index in [-0.39, 0.29) is 0 Å². The van der Waals surface area contributed by atoms with Gasteiger partial charge in [0.2, 0.25) is 0 Å². The smallest absolute Gasteiger partial charge is 0.0849 e. The number of hydrogen-bond acceptors (Lipinski definition) is 2. The summed E-state index contributed by atoms with van der Waals surface area (Å²) in [6.45, 7) is 0. The summed E-state index contributed by atoms with van der Waals surface area (Å²) in [5.41, 5.74) is 6.10. The Bertz CT molecular complexity index is 569. The van der Waals surface area contributed by atoms with Crippen molar-refractivity contribution in [1.82, 2.24) is 4.98 Å². The minimum absolute atomic E-state index is 0.773. The van der Waals surface area contributed by atoms with Crippen molar-refractivity contribution < 1.29 is 0 Å². The Hall–Kier alpha value is -0.670. The van der Waals surface area contributed by atoms with Gasteiger partial charge in [0.05, 0.1) is 11.2 Å². The van der Waals surface area contributed by atoms with Crippen LogP contribution in [0.1, 0.15) is 35.1 Å². The second-order valence-corrected chi connectivity index (χ2v) is 6.46. The largest absolute Gasteiger partial charge is 0.244 e. The second-order valence-electron chi connectivity index (χ2n) is 4.66. The molecule has 0 radical (unpaired) electrons. The topological polar surface area (TPSA) is 12.9 Å². The number of hydrogen-bond donors (Lipinski definition) is 0. The zero-order valence-electron chi connectivity index (χ0n) is 8.61. The lowest BCUT2D eigenvalue weighted by Crippen LogP contribution is -2.17. The van der Waals surface area contributed by atoms with Gasteiger partial charge in [0.15, 0.2) is 0 Å². The molecule has 1 saturated carbocycles. The zero-order valence-corrected chi connectivity index (χ0v) is 11.0. The third kappa shape index (κ3) is 1.13. The molecule has 1 aromatic carbocycles. The molecule has 16 heavy (non-hydrogen) atoms. The Balaban J connectivity index is 2.06. The maximum absolute atomic E-state index is 4.57. The van der Waals surface area contributed by atoms with Crippen LogP contribution < -0.4 is 0 Å². The summed E-state index contributed by atoms with van der Waals surface area (Å²) < 4.78 is 1.16. The van der Waals surface area contributed by atoms with Crippen LogP contribution in [-0.4, -0.2) is 4.98 Å². The van der Waals surface area contributed by atoms with Crippen molar-refractivity contribution in [2.45, 2.75) is 24.7 Å². The first kappa shape index (κ1) is 9.37. The minimum Gasteiger partial charge on any atom is -0.244 e. The van der Waals surface area contributed by atoms with E-state index in [9.17, 15) is 0 Å². The predicted octanol–water partition coefficient (Wildman–Crippen LogP) is 4.55. The summed E-state index contributed by atoms with van der Waals surface area (Å²) >= 11 is 5.39. The fourth-order valence-electron chi connectivity index (χ4n) is 2.92. The first-order valence-corrected chi connectivity index (χ1v) is 7.23. The molecule has 5 rings (SSSR count). The molecule has 0 spiro atoms. The van der Waals surface area contributed by atoms with E-state index >= 15 is 0 Å². The van der Waals surface area contributed by atoms with E-state index in [2.05, 4.69) is 39.1 Å². The molecular weight excluding hydrogens is 282 g/mol. The maximum Gasteiger partial charge on any atom is 0.0849 e. The zero-order chi connectivity index (χ0) is 10.7. The van der Waals surface area contributed by atoms with Crippen LogP contribution in [0, 0.1) is 0 Å². The Morgan fingerprint density at radius 2 is 2.12 bits per heavy atom. The van der Waals surface area contributed by atoms with Gasteiger partial charge in [-0.3, -0.25) is 0 Å². The molecule has 0 atom stereocenters. The number of rotatable bonds is 0. The number of aromatic nitrogens is 1. The highest BCUT2D eigenvalue weighted by Crippen LogP contribution is 2.56. The number of thiazole rings is 1. The Morgan fingerprint density at radius 1 is 1.25 bits per heavy atom. The van der Waals surface area contributed by atoms with E-state index in [0.29, 0.717) is 0 Å². The summed E-state index contributed by atoms with van der Waals surface area (Å²) in [5, 5.41) is 0. The van der Waals surface area contributed by atoms with Gasteiger partial charge in [0.1, 0.15) is 0 Å². The molecule has 3 heteroatoms. The van der Waals surface area contributed by atoms with Crippen molar-refractivity contribution in [2.75, 3.05) is 0 Å². The molecule has 0 unspecified atom stereocenters. The van der Waals surface area contributed by atoms with E-state index in [1.54, 1.807) is 0 Å². The summed E-state index contributed by atoms with van der Waals surface area (Å²) in [6.07, 6.45) is 2.65. The van der Waals surface area contributed by atoms with Crippen LogP contribution in [0.4, 0.5) is 0 Å². The number of nitrogens with zero attached hydrogens (tertiary/aromatic N) is 1. The first-order valence-electron chi connectivity index (χ1n) is 5.56. The van der Waals surface area contributed by atoms with Crippen LogP contribution in [0.15, 0.2) is 28.2 Å². The molecule has 3 aliphatic rings. The van der Waals surface area contributed by atoms with Crippen molar-refractivity contribution in [3.63, 3.8) is 0 Å². The predicted molar refractivity (Wildman–Crippen MR) is 70.0 cm³/mol. The standard InChI is InChI=1S/C13H10BrNS/c14-9-1-2-10-7-3-8(4-7)13-12(11(10)5-9)15-6-16-13/h1-2,5-8H,3-4H2. The van der Waals surface area contributed by atoms with E-state index in [1.165, 1.54) is 34.5 Å². The van der Waals surface area contributed by atoms with E-state index < -0.39 is 0 Å². The van der Waals surface area contributed by atoms with Crippen LogP contribution in [0.3, 0.4) is 0 Å². The molecular formula is C13H10BrNS. The molecule has 1 aromatic heterocycles. The van der Waals surface area contributed by atoms with Gasteiger partial charge >= 0.3 is 0 Å². The quantitative estimate of drug-likeness (QED) is 0.694. The Labute approximate surface area is 107 Å². The van der Waals surface area contributed by atoms with E-state index in [4.69, 9.17) is 0 Å². The lowest BCUT2D eigenvalue weighted by Gasteiger charge is -2.33. The van der Waals surface area contributed by atoms with Crippen LogP contribution in [-0.2, 0) is 0 Å². The summed E-state index contributed by atoms with van der Waals surface area (Å²) in [5.74, 6) is 1.55. The van der Waals surface area contributed by atoms with Gasteiger partial charge in [-0.05, 0) is 42.4 Å². The number of benzene rings is 1. The summed E-state index contributed by atoms with van der Waals surface area (Å²) in [6, 6.07) is 6.66. The molecule has 2 aromatic rings. The van der Waals surface area contributed by atoms with Gasteiger partial charge in [-0.15, -0.1) is 11.3 Å². The first-order chi connectivity index (χ1) is 7.83. The molecule has 0 aliphatic heterocycles. The molecule has 0 amide bonds. The third-order valence-electron chi connectivity index (χ3n) is 3.81. The average molecular weight is 292 g/mol. The van der Waals surface area contributed by atoms with Gasteiger partial charge in [-0.2, -0.15) is 0 Å². The van der Waals surface area contributed by atoms with Gasteiger partial charge in [-0.25, -0.2) is 4.98 Å². The molecule has 1 fully saturated rings. The van der Waals surface area contributed by atoms with Gasteiger partial charge in [-0.1, -0.05) is 22.0 Å². The summed E-state index contributed by atoms with van der Waals surface area (Å²) in [7, 11) is 0. The molecule has 1 nitrogen and oxygen atoms in total. The lowest BCUT2D eigenvalue weighted by atomic mass is 9.72. The van der Waals surface area contributed by atoms with Crippen LogP contribution in [0.5, 0.6) is 0 Å². The number of halogens is 1. The van der Waals surface area contributed by atoms with E-state index in [1.807, 2.05) is 16.8 Å². The Kier molecular flexibility index (Phi) is 1.86. The van der Waals surface area contributed by atoms with Crippen LogP contribution in [0.25, 0.3) is 11.3 Å². The van der Waals surface area contributed by atoms with Gasteiger partial charge < -0.3 is 0 Å². The molecule has 3 aliphatic carbocycles. The van der Waals surface area contributed by atoms with Gasteiger partial charge in [0, 0.05) is 14.9 Å². The third-order valence-corrected chi connectivity index (χ3v) is 5.30. The molecule has 0 N–H and O–H groups in total.